The summed E-state index contributed by atoms with van der Waals surface area (Å²) in [6, 6.07) is 10.4. The van der Waals surface area contributed by atoms with Gasteiger partial charge in [0.25, 0.3) is 11.5 Å². The summed E-state index contributed by atoms with van der Waals surface area (Å²) in [5.74, 6) is -0.731. The first-order valence-corrected chi connectivity index (χ1v) is 6.01. The largest absolute Gasteiger partial charge is 0.409 e. The minimum atomic E-state index is -0.808. The highest BCUT2D eigenvalue weighted by molar-refractivity contribution is 5.97. The number of H-pyrrole nitrogens is 1. The second-order valence-electron chi connectivity index (χ2n) is 4.15. The molecule has 1 heterocycles. The lowest BCUT2D eigenvalue weighted by atomic mass is 10.1. The fourth-order valence-corrected chi connectivity index (χ4v) is 1.71. The second kappa shape index (κ2) is 6.33. The van der Waals surface area contributed by atoms with Crippen LogP contribution in [0, 0.1) is 0 Å². The number of aromatic amines is 1. The van der Waals surface area contributed by atoms with Gasteiger partial charge in [-0.2, -0.15) is 5.10 Å². The molecule has 0 saturated carbocycles. The van der Waals surface area contributed by atoms with Crippen molar-refractivity contribution >= 4 is 11.7 Å². The van der Waals surface area contributed by atoms with Crippen molar-refractivity contribution in [2.45, 2.75) is 6.04 Å². The Morgan fingerprint density at radius 1 is 1.29 bits per heavy atom. The van der Waals surface area contributed by atoms with Gasteiger partial charge in [-0.3, -0.25) is 9.59 Å². The van der Waals surface area contributed by atoms with Crippen molar-refractivity contribution in [2.75, 3.05) is 0 Å². The number of amides is 1. The third kappa shape index (κ3) is 3.44. The molecule has 0 aliphatic heterocycles. The summed E-state index contributed by atoms with van der Waals surface area (Å²) in [6.45, 7) is 0. The Morgan fingerprint density at radius 3 is 2.57 bits per heavy atom. The maximum atomic E-state index is 12.1. The predicted octanol–water partition coefficient (Wildman–Crippen LogP) is -0.0126. The van der Waals surface area contributed by atoms with E-state index in [1.165, 1.54) is 12.1 Å². The van der Waals surface area contributed by atoms with E-state index in [-0.39, 0.29) is 11.5 Å². The summed E-state index contributed by atoms with van der Waals surface area (Å²) >= 11 is 0. The average Bonchev–Trinajstić information content (AvgIpc) is 2.53. The first-order chi connectivity index (χ1) is 10.1. The molecule has 0 radical (unpaired) electrons. The molecular weight excluding hydrogens is 274 g/mol. The molecular formula is C13H13N5O3. The van der Waals surface area contributed by atoms with Gasteiger partial charge in [0, 0.05) is 6.07 Å². The zero-order valence-corrected chi connectivity index (χ0v) is 10.9. The minimum Gasteiger partial charge on any atom is -0.409 e. The number of nitrogens with one attached hydrogen (secondary N) is 2. The van der Waals surface area contributed by atoms with Gasteiger partial charge in [0.15, 0.2) is 5.84 Å². The van der Waals surface area contributed by atoms with Gasteiger partial charge in [-0.15, -0.1) is 0 Å². The molecule has 1 atom stereocenters. The third-order valence-corrected chi connectivity index (χ3v) is 2.73. The van der Waals surface area contributed by atoms with Crippen molar-refractivity contribution in [3.63, 3.8) is 0 Å². The Hall–Kier alpha value is -3.16. The van der Waals surface area contributed by atoms with Crippen LogP contribution in [0.1, 0.15) is 22.1 Å². The number of oxime groups is 1. The number of aromatic nitrogens is 2. The topological polar surface area (TPSA) is 133 Å². The first kappa shape index (κ1) is 14.3. The normalized spacial score (nSPS) is 12.7. The Balaban J connectivity index is 2.25. The molecule has 0 fully saturated rings. The molecule has 2 aromatic rings. The van der Waals surface area contributed by atoms with Crippen molar-refractivity contribution in [3.8, 4) is 0 Å². The fourth-order valence-electron chi connectivity index (χ4n) is 1.71. The molecule has 0 spiro atoms. The molecule has 0 saturated heterocycles. The number of hydrogen-bond acceptors (Lipinski definition) is 5. The third-order valence-electron chi connectivity index (χ3n) is 2.73. The standard InChI is InChI=1S/C13H13N5O3/c14-12(18-21)11(8-4-2-1-3-5-8)15-13(20)9-6-7-10(19)17-16-9/h1-7,11,21H,(H2,14,18)(H,15,20)(H,17,19). The van der Waals surface area contributed by atoms with Crippen LogP contribution in [0.5, 0.6) is 0 Å². The van der Waals surface area contributed by atoms with E-state index < -0.39 is 17.5 Å². The second-order valence-corrected chi connectivity index (χ2v) is 4.15. The molecule has 2 rings (SSSR count). The molecule has 1 unspecified atom stereocenters. The van der Waals surface area contributed by atoms with Crippen molar-refractivity contribution < 1.29 is 10.0 Å². The number of nitrogens with two attached hydrogens (primary N) is 1. The van der Waals surface area contributed by atoms with E-state index >= 15 is 0 Å². The zero-order valence-electron chi connectivity index (χ0n) is 10.9. The van der Waals surface area contributed by atoms with Crippen LogP contribution < -0.4 is 16.6 Å². The number of carbonyl (C=O) groups is 1. The molecule has 0 aliphatic rings. The number of nitrogens with zero attached hydrogens (tertiary/aromatic N) is 2. The maximum absolute atomic E-state index is 12.1. The molecule has 1 amide bonds. The smallest absolute Gasteiger partial charge is 0.272 e. The van der Waals surface area contributed by atoms with Gasteiger partial charge in [-0.1, -0.05) is 35.5 Å². The number of rotatable bonds is 4. The van der Waals surface area contributed by atoms with E-state index in [0.29, 0.717) is 5.56 Å². The molecule has 0 bridgehead atoms. The monoisotopic (exact) mass is 287 g/mol. The quantitative estimate of drug-likeness (QED) is 0.271. The molecule has 1 aromatic carbocycles. The first-order valence-electron chi connectivity index (χ1n) is 6.01. The van der Waals surface area contributed by atoms with Gasteiger partial charge < -0.3 is 16.3 Å². The molecule has 0 aliphatic carbocycles. The van der Waals surface area contributed by atoms with Gasteiger partial charge in [0.05, 0.1) is 0 Å². The van der Waals surface area contributed by atoms with Crippen molar-refractivity contribution in [2.24, 2.45) is 10.9 Å². The summed E-state index contributed by atoms with van der Waals surface area (Å²) in [4.78, 5) is 23.0. The Morgan fingerprint density at radius 2 is 2.00 bits per heavy atom. The fraction of sp³-hybridized carbons (Fsp3) is 0.0769. The van der Waals surface area contributed by atoms with Gasteiger partial charge in [-0.05, 0) is 11.6 Å². The van der Waals surface area contributed by atoms with E-state index in [0.717, 1.165) is 0 Å². The number of hydrogen-bond donors (Lipinski definition) is 4. The van der Waals surface area contributed by atoms with Crippen LogP contribution >= 0.6 is 0 Å². The molecule has 21 heavy (non-hydrogen) atoms. The van der Waals surface area contributed by atoms with Gasteiger partial charge in [0.1, 0.15) is 11.7 Å². The Bertz CT molecular complexity index is 691. The van der Waals surface area contributed by atoms with Crippen LogP contribution in [-0.2, 0) is 0 Å². The highest BCUT2D eigenvalue weighted by Crippen LogP contribution is 2.13. The number of benzene rings is 1. The van der Waals surface area contributed by atoms with Crippen molar-refractivity contribution in [1.82, 2.24) is 15.5 Å². The number of carbonyl (C=O) groups excluding carboxylic acids is 1. The van der Waals surface area contributed by atoms with Crippen LogP contribution in [0.4, 0.5) is 0 Å². The van der Waals surface area contributed by atoms with Crippen molar-refractivity contribution in [1.29, 1.82) is 0 Å². The summed E-state index contributed by atoms with van der Waals surface area (Å²) in [6.07, 6.45) is 0. The maximum Gasteiger partial charge on any atom is 0.272 e. The lowest BCUT2D eigenvalue weighted by Crippen LogP contribution is -2.38. The van der Waals surface area contributed by atoms with Gasteiger partial charge in [0.2, 0.25) is 0 Å². The lowest BCUT2D eigenvalue weighted by Gasteiger charge is -2.17. The molecule has 1 aromatic heterocycles. The van der Waals surface area contributed by atoms with Gasteiger partial charge >= 0.3 is 0 Å². The summed E-state index contributed by atoms with van der Waals surface area (Å²) < 4.78 is 0. The van der Waals surface area contributed by atoms with Crippen LogP contribution in [0.25, 0.3) is 0 Å². The van der Waals surface area contributed by atoms with Crippen LogP contribution in [0.15, 0.2) is 52.4 Å². The summed E-state index contributed by atoms with van der Waals surface area (Å²) in [5.41, 5.74) is 5.85. The van der Waals surface area contributed by atoms with E-state index in [9.17, 15) is 9.59 Å². The SMILES string of the molecule is N/C(=N/O)C(NC(=O)c1ccc(=O)[nH]n1)c1ccccc1. The Kier molecular flexibility index (Phi) is 4.30. The highest BCUT2D eigenvalue weighted by atomic mass is 16.4. The molecule has 108 valence electrons. The predicted molar refractivity (Wildman–Crippen MR) is 74.9 cm³/mol. The van der Waals surface area contributed by atoms with E-state index in [1.54, 1.807) is 30.3 Å². The zero-order chi connectivity index (χ0) is 15.2. The van der Waals surface area contributed by atoms with Crippen molar-refractivity contribution in [3.05, 3.63) is 64.1 Å². The molecule has 8 heteroatoms. The summed E-state index contributed by atoms with van der Waals surface area (Å²) in [5, 5.41) is 20.1. The van der Waals surface area contributed by atoms with E-state index in [4.69, 9.17) is 10.9 Å². The van der Waals surface area contributed by atoms with Gasteiger partial charge in [-0.25, -0.2) is 5.10 Å². The Labute approximate surface area is 119 Å². The van der Waals surface area contributed by atoms with Crippen LogP contribution in [-0.4, -0.2) is 27.1 Å². The number of amidine groups is 1. The van der Waals surface area contributed by atoms with Crippen LogP contribution in [0.2, 0.25) is 0 Å². The molecule has 8 nitrogen and oxygen atoms in total. The van der Waals surface area contributed by atoms with Crippen LogP contribution in [0.3, 0.4) is 0 Å². The van der Waals surface area contributed by atoms with E-state index in [1.807, 2.05) is 0 Å². The lowest BCUT2D eigenvalue weighted by molar-refractivity contribution is 0.0940. The highest BCUT2D eigenvalue weighted by Gasteiger charge is 2.20. The van der Waals surface area contributed by atoms with E-state index in [2.05, 4.69) is 20.7 Å². The molecule has 5 N–H and O–H groups in total. The summed E-state index contributed by atoms with van der Waals surface area (Å²) in [7, 11) is 0. The average molecular weight is 287 g/mol. The minimum absolute atomic E-state index is 0.0151.